The molecule has 0 saturated heterocycles. The predicted molar refractivity (Wildman–Crippen MR) is 58.3 cm³/mol. The molecular weight excluding hydrogens is 188 g/mol. The molecule has 0 aromatic heterocycles. The van der Waals surface area contributed by atoms with Gasteiger partial charge in [-0.15, -0.1) is 0 Å². The molecular formula is C13H12O2. The minimum Gasteiger partial charge on any atom is -0.337 e. The zero-order valence-corrected chi connectivity index (χ0v) is 8.30. The minimum atomic E-state index is 0.454. The molecule has 0 spiro atoms. The minimum absolute atomic E-state index is 0.454. The highest BCUT2D eigenvalue weighted by Crippen LogP contribution is 2.09. The lowest BCUT2D eigenvalue weighted by molar-refractivity contribution is -0.217. The van der Waals surface area contributed by atoms with Crippen LogP contribution in [-0.2, 0) is 11.5 Å². The average molecular weight is 200 g/mol. The second kappa shape index (κ2) is 5.17. The van der Waals surface area contributed by atoms with E-state index in [2.05, 4.69) is 0 Å². The third-order valence-electron chi connectivity index (χ3n) is 1.97. The topological polar surface area (TPSA) is 18.5 Å². The second-order valence-corrected chi connectivity index (χ2v) is 3.14. The van der Waals surface area contributed by atoms with Crippen LogP contribution in [0.15, 0.2) is 60.7 Å². The van der Waals surface area contributed by atoms with Crippen LogP contribution in [0.2, 0.25) is 0 Å². The average Bonchev–Trinajstić information content (AvgIpc) is 2.32. The van der Waals surface area contributed by atoms with Crippen molar-refractivity contribution in [3.05, 3.63) is 66.2 Å². The lowest BCUT2D eigenvalue weighted by Crippen LogP contribution is -1.97. The summed E-state index contributed by atoms with van der Waals surface area (Å²) < 4.78 is 0. The second-order valence-electron chi connectivity index (χ2n) is 3.14. The van der Waals surface area contributed by atoms with Crippen molar-refractivity contribution in [2.75, 3.05) is 0 Å². The van der Waals surface area contributed by atoms with Crippen LogP contribution in [0.3, 0.4) is 0 Å². The summed E-state index contributed by atoms with van der Waals surface area (Å²) >= 11 is 0. The van der Waals surface area contributed by atoms with Crippen molar-refractivity contribution in [1.29, 1.82) is 0 Å². The van der Waals surface area contributed by atoms with Gasteiger partial charge in [-0.2, -0.15) is 4.89 Å². The summed E-state index contributed by atoms with van der Waals surface area (Å²) in [5.74, 6) is 0.716. The Morgan fingerprint density at radius 2 is 1.33 bits per heavy atom. The highest BCUT2D eigenvalue weighted by Gasteiger charge is 1.94. The Labute approximate surface area is 89.0 Å². The van der Waals surface area contributed by atoms with Crippen molar-refractivity contribution in [3.8, 4) is 5.75 Å². The molecule has 0 saturated carbocycles. The van der Waals surface area contributed by atoms with Gasteiger partial charge in [-0.3, -0.25) is 0 Å². The monoisotopic (exact) mass is 200 g/mol. The molecule has 0 heterocycles. The molecule has 0 N–H and O–H groups in total. The van der Waals surface area contributed by atoms with Crippen LogP contribution in [-0.4, -0.2) is 0 Å². The normalized spacial score (nSPS) is 9.87. The maximum Gasteiger partial charge on any atom is 0.165 e. The lowest BCUT2D eigenvalue weighted by atomic mass is 10.2. The van der Waals surface area contributed by atoms with E-state index in [1.165, 1.54) is 0 Å². The molecule has 2 rings (SSSR count). The first-order valence-corrected chi connectivity index (χ1v) is 4.83. The van der Waals surface area contributed by atoms with Crippen molar-refractivity contribution < 1.29 is 9.78 Å². The predicted octanol–water partition coefficient (Wildman–Crippen LogP) is 3.20. The van der Waals surface area contributed by atoms with Gasteiger partial charge in [0.25, 0.3) is 0 Å². The van der Waals surface area contributed by atoms with Crippen LogP contribution in [0.4, 0.5) is 0 Å². The summed E-state index contributed by atoms with van der Waals surface area (Å²) in [6.45, 7) is 0.454. The number of benzene rings is 2. The highest BCUT2D eigenvalue weighted by atomic mass is 17.2. The van der Waals surface area contributed by atoms with E-state index in [1.807, 2.05) is 60.7 Å². The van der Waals surface area contributed by atoms with Crippen molar-refractivity contribution in [2.45, 2.75) is 6.61 Å². The Morgan fingerprint density at radius 3 is 2.00 bits per heavy atom. The van der Waals surface area contributed by atoms with Gasteiger partial charge in [0.05, 0.1) is 0 Å². The Kier molecular flexibility index (Phi) is 3.36. The number of hydrogen-bond donors (Lipinski definition) is 0. The molecule has 2 aromatic rings. The Hall–Kier alpha value is -1.80. The van der Waals surface area contributed by atoms with Gasteiger partial charge >= 0.3 is 0 Å². The van der Waals surface area contributed by atoms with Gasteiger partial charge in [0.15, 0.2) is 5.75 Å². The van der Waals surface area contributed by atoms with Gasteiger partial charge < -0.3 is 4.89 Å². The number of para-hydroxylation sites is 1. The van der Waals surface area contributed by atoms with Crippen LogP contribution >= 0.6 is 0 Å². The lowest BCUT2D eigenvalue weighted by Gasteiger charge is -2.04. The van der Waals surface area contributed by atoms with Gasteiger partial charge in [0.2, 0.25) is 0 Å². The Balaban J connectivity index is 1.81. The first-order valence-electron chi connectivity index (χ1n) is 4.83. The molecule has 0 bridgehead atoms. The quantitative estimate of drug-likeness (QED) is 0.557. The summed E-state index contributed by atoms with van der Waals surface area (Å²) in [4.78, 5) is 10.2. The van der Waals surface area contributed by atoms with Crippen molar-refractivity contribution in [3.63, 3.8) is 0 Å². The van der Waals surface area contributed by atoms with Gasteiger partial charge in [0.1, 0.15) is 6.61 Å². The van der Waals surface area contributed by atoms with E-state index in [-0.39, 0.29) is 0 Å². The molecule has 0 radical (unpaired) electrons. The van der Waals surface area contributed by atoms with Crippen LogP contribution < -0.4 is 4.89 Å². The molecule has 0 unspecified atom stereocenters. The van der Waals surface area contributed by atoms with Crippen molar-refractivity contribution in [2.24, 2.45) is 0 Å². The third kappa shape index (κ3) is 3.11. The maximum atomic E-state index is 5.11. The van der Waals surface area contributed by atoms with Crippen LogP contribution in [0.25, 0.3) is 0 Å². The van der Waals surface area contributed by atoms with E-state index >= 15 is 0 Å². The van der Waals surface area contributed by atoms with E-state index < -0.39 is 0 Å². The molecule has 2 nitrogen and oxygen atoms in total. The fraction of sp³-hybridized carbons (Fsp3) is 0.0769. The summed E-state index contributed by atoms with van der Waals surface area (Å²) in [6, 6.07) is 19.4. The van der Waals surface area contributed by atoms with E-state index in [0.29, 0.717) is 12.4 Å². The Morgan fingerprint density at radius 1 is 0.733 bits per heavy atom. The molecule has 0 atom stereocenters. The van der Waals surface area contributed by atoms with Crippen LogP contribution in [0.5, 0.6) is 5.75 Å². The summed E-state index contributed by atoms with van der Waals surface area (Å²) in [7, 11) is 0. The van der Waals surface area contributed by atoms with E-state index in [1.54, 1.807) is 0 Å². The number of rotatable bonds is 4. The standard InChI is InChI=1S/C13H12O2/c1-3-7-12(8-4-1)11-14-15-13-9-5-2-6-10-13/h1-10H,11H2. The smallest absolute Gasteiger partial charge is 0.165 e. The van der Waals surface area contributed by atoms with Gasteiger partial charge in [0, 0.05) is 0 Å². The first kappa shape index (κ1) is 9.74. The molecule has 15 heavy (non-hydrogen) atoms. The van der Waals surface area contributed by atoms with E-state index in [9.17, 15) is 0 Å². The zero-order valence-electron chi connectivity index (χ0n) is 8.30. The van der Waals surface area contributed by atoms with Crippen molar-refractivity contribution in [1.82, 2.24) is 0 Å². The largest absolute Gasteiger partial charge is 0.337 e. The van der Waals surface area contributed by atoms with Crippen molar-refractivity contribution >= 4 is 0 Å². The van der Waals surface area contributed by atoms with E-state index in [0.717, 1.165) is 5.56 Å². The molecule has 2 aromatic carbocycles. The summed E-state index contributed by atoms with van der Waals surface area (Å²) in [5.41, 5.74) is 1.09. The fourth-order valence-electron chi connectivity index (χ4n) is 1.22. The molecule has 76 valence electrons. The number of hydrogen-bond acceptors (Lipinski definition) is 2. The maximum absolute atomic E-state index is 5.11. The molecule has 2 heteroatoms. The Bertz CT molecular complexity index is 344. The highest BCUT2D eigenvalue weighted by molar-refractivity contribution is 5.20. The molecule has 0 fully saturated rings. The van der Waals surface area contributed by atoms with Crippen LogP contribution in [0.1, 0.15) is 5.56 Å². The molecule has 0 amide bonds. The zero-order chi connectivity index (χ0) is 10.3. The van der Waals surface area contributed by atoms with Gasteiger partial charge in [-0.05, 0) is 17.7 Å². The van der Waals surface area contributed by atoms with Gasteiger partial charge in [-0.1, -0.05) is 48.5 Å². The van der Waals surface area contributed by atoms with E-state index in [4.69, 9.17) is 9.78 Å². The molecule has 0 aliphatic rings. The van der Waals surface area contributed by atoms with Gasteiger partial charge in [-0.25, -0.2) is 0 Å². The SMILES string of the molecule is c1ccc(COOc2ccccc2)cc1. The third-order valence-corrected chi connectivity index (χ3v) is 1.97. The first-order chi connectivity index (χ1) is 7.45. The molecule has 0 aliphatic carbocycles. The summed E-state index contributed by atoms with van der Waals surface area (Å²) in [5, 5.41) is 0. The van der Waals surface area contributed by atoms with Crippen LogP contribution in [0, 0.1) is 0 Å². The molecule has 0 aliphatic heterocycles. The fourth-order valence-corrected chi connectivity index (χ4v) is 1.22. The summed E-state index contributed by atoms with van der Waals surface area (Å²) in [6.07, 6.45) is 0.